The highest BCUT2D eigenvalue weighted by Crippen LogP contribution is 2.31. The fourth-order valence-electron chi connectivity index (χ4n) is 3.43. The molecule has 0 saturated carbocycles. The first-order chi connectivity index (χ1) is 15.3. The van der Waals surface area contributed by atoms with Gasteiger partial charge in [0.1, 0.15) is 18.2 Å². The van der Waals surface area contributed by atoms with Crippen molar-refractivity contribution in [1.82, 2.24) is 19.3 Å². The fourth-order valence-corrected chi connectivity index (χ4v) is 4.16. The highest BCUT2D eigenvalue weighted by Gasteiger charge is 2.16. The third-order valence-corrected chi connectivity index (χ3v) is 5.70. The van der Waals surface area contributed by atoms with Gasteiger partial charge in [-0.05, 0) is 44.2 Å². The number of carbonyl (C=O) groups excluding carboxylic acids is 1. The zero-order chi connectivity index (χ0) is 22.8. The number of halogens is 1. The van der Waals surface area contributed by atoms with E-state index in [1.807, 2.05) is 29.9 Å². The van der Waals surface area contributed by atoms with Gasteiger partial charge in [-0.25, -0.2) is 9.37 Å². The number of nitro groups is 1. The van der Waals surface area contributed by atoms with Gasteiger partial charge in [0.15, 0.2) is 5.13 Å². The van der Waals surface area contributed by atoms with Gasteiger partial charge in [0.05, 0.1) is 10.6 Å². The molecule has 32 heavy (non-hydrogen) atoms. The Kier molecular flexibility index (Phi) is 5.82. The molecule has 1 aromatic carbocycles. The molecule has 0 spiro atoms. The van der Waals surface area contributed by atoms with E-state index in [4.69, 9.17) is 0 Å². The summed E-state index contributed by atoms with van der Waals surface area (Å²) in [6.45, 7) is 4.15. The largest absolute Gasteiger partial charge is 0.318 e. The van der Waals surface area contributed by atoms with Crippen molar-refractivity contribution < 1.29 is 14.1 Å². The first-order valence-electron chi connectivity index (χ1n) is 9.69. The lowest BCUT2D eigenvalue weighted by molar-refractivity contribution is -0.385. The van der Waals surface area contributed by atoms with Gasteiger partial charge in [-0.2, -0.15) is 5.10 Å². The van der Waals surface area contributed by atoms with E-state index >= 15 is 0 Å². The predicted molar refractivity (Wildman–Crippen MR) is 118 cm³/mol. The van der Waals surface area contributed by atoms with Crippen LogP contribution in [0.15, 0.2) is 48.1 Å². The smallest absolute Gasteiger partial charge is 0.306 e. The van der Waals surface area contributed by atoms with Gasteiger partial charge in [-0.3, -0.25) is 19.6 Å². The van der Waals surface area contributed by atoms with Gasteiger partial charge in [0.2, 0.25) is 5.91 Å². The number of anilines is 1. The SMILES string of the molecule is Cc1cc(-c2csc(NC(=O)CCn3cc([N+](=O)[O-])cn3)n2)c(C)n1-c1ccc(F)cc1. The molecule has 0 bridgehead atoms. The zero-order valence-electron chi connectivity index (χ0n) is 17.3. The van der Waals surface area contributed by atoms with Crippen LogP contribution in [0.4, 0.5) is 15.2 Å². The highest BCUT2D eigenvalue weighted by atomic mass is 32.1. The van der Waals surface area contributed by atoms with Gasteiger partial charge in [-0.15, -0.1) is 11.3 Å². The maximum Gasteiger partial charge on any atom is 0.306 e. The topological polar surface area (TPSA) is 108 Å². The minimum absolute atomic E-state index is 0.104. The average Bonchev–Trinajstić information content (AvgIpc) is 3.47. The Morgan fingerprint density at radius 1 is 1.28 bits per heavy atom. The van der Waals surface area contributed by atoms with Crippen LogP contribution in [0.5, 0.6) is 0 Å². The number of thiazole rings is 1. The lowest BCUT2D eigenvalue weighted by Gasteiger charge is -2.09. The summed E-state index contributed by atoms with van der Waals surface area (Å²) in [5.74, 6) is -0.553. The van der Waals surface area contributed by atoms with Crippen LogP contribution >= 0.6 is 11.3 Å². The maximum absolute atomic E-state index is 13.3. The molecule has 0 atom stereocenters. The number of hydrogen-bond donors (Lipinski definition) is 1. The second kappa shape index (κ2) is 8.71. The van der Waals surface area contributed by atoms with Crippen molar-refractivity contribution in [1.29, 1.82) is 0 Å². The third-order valence-electron chi connectivity index (χ3n) is 4.94. The average molecular weight is 454 g/mol. The molecule has 3 heterocycles. The third kappa shape index (κ3) is 4.42. The molecule has 0 saturated heterocycles. The number of carbonyl (C=O) groups is 1. The molecule has 0 unspecified atom stereocenters. The van der Waals surface area contributed by atoms with E-state index in [1.165, 1.54) is 34.3 Å². The number of amides is 1. The molecular formula is C21H19FN6O3S. The quantitative estimate of drug-likeness (QED) is 0.327. The van der Waals surface area contributed by atoms with Crippen molar-refractivity contribution in [2.24, 2.45) is 0 Å². The summed E-state index contributed by atoms with van der Waals surface area (Å²) in [4.78, 5) is 27.0. The molecule has 0 aliphatic heterocycles. The first kappa shape index (κ1) is 21.4. The fraction of sp³-hybridized carbons (Fsp3) is 0.190. The molecule has 0 aliphatic carbocycles. The van der Waals surface area contributed by atoms with Crippen molar-refractivity contribution in [3.63, 3.8) is 0 Å². The van der Waals surface area contributed by atoms with Crippen molar-refractivity contribution in [2.45, 2.75) is 26.8 Å². The van der Waals surface area contributed by atoms with Crippen molar-refractivity contribution in [2.75, 3.05) is 5.32 Å². The summed E-state index contributed by atoms with van der Waals surface area (Å²) in [7, 11) is 0. The Bertz CT molecular complexity index is 1290. The second-order valence-corrected chi connectivity index (χ2v) is 8.01. The molecule has 0 fully saturated rings. The molecule has 0 aliphatic rings. The Morgan fingerprint density at radius 2 is 2.03 bits per heavy atom. The molecule has 4 aromatic rings. The number of hydrogen-bond acceptors (Lipinski definition) is 6. The number of aromatic nitrogens is 4. The van der Waals surface area contributed by atoms with Gasteiger partial charge in [0, 0.05) is 41.0 Å². The van der Waals surface area contributed by atoms with E-state index < -0.39 is 4.92 Å². The lowest BCUT2D eigenvalue weighted by atomic mass is 10.2. The van der Waals surface area contributed by atoms with Crippen LogP contribution in [0.1, 0.15) is 17.8 Å². The standard InChI is InChI=1S/C21H19FN6O3S/c1-13-9-18(14(2)27(13)16-5-3-15(22)4-6-16)19-12-32-21(24-19)25-20(29)7-8-26-11-17(10-23-26)28(30)31/h3-6,9-12H,7-8H2,1-2H3,(H,24,25,29). The summed E-state index contributed by atoms with van der Waals surface area (Å²) in [6, 6.07) is 8.29. The van der Waals surface area contributed by atoms with Crippen molar-refractivity contribution >= 4 is 28.1 Å². The minimum Gasteiger partial charge on any atom is -0.318 e. The van der Waals surface area contributed by atoms with Crippen LogP contribution in [-0.4, -0.2) is 30.2 Å². The normalized spacial score (nSPS) is 11.0. The molecule has 4 rings (SSSR count). The lowest BCUT2D eigenvalue weighted by Crippen LogP contribution is -2.14. The van der Waals surface area contributed by atoms with E-state index in [-0.39, 0.29) is 30.4 Å². The van der Waals surface area contributed by atoms with Gasteiger partial charge >= 0.3 is 5.69 Å². The molecule has 3 aromatic heterocycles. The number of nitrogens with one attached hydrogen (secondary N) is 1. The number of rotatable bonds is 7. The highest BCUT2D eigenvalue weighted by molar-refractivity contribution is 7.14. The van der Waals surface area contributed by atoms with E-state index in [1.54, 1.807) is 12.1 Å². The molecule has 1 amide bonds. The zero-order valence-corrected chi connectivity index (χ0v) is 18.1. The molecular weight excluding hydrogens is 435 g/mol. The molecule has 0 radical (unpaired) electrons. The Balaban J connectivity index is 1.44. The Morgan fingerprint density at radius 3 is 2.72 bits per heavy atom. The van der Waals surface area contributed by atoms with E-state index in [2.05, 4.69) is 15.4 Å². The summed E-state index contributed by atoms with van der Waals surface area (Å²) in [6.07, 6.45) is 2.53. The summed E-state index contributed by atoms with van der Waals surface area (Å²) >= 11 is 1.31. The van der Waals surface area contributed by atoms with Crippen LogP contribution < -0.4 is 5.32 Å². The van der Waals surface area contributed by atoms with Crippen LogP contribution in [0, 0.1) is 29.8 Å². The predicted octanol–water partition coefficient (Wildman–Crippen LogP) is 4.49. The molecule has 1 N–H and O–H groups in total. The van der Waals surface area contributed by atoms with E-state index in [0.29, 0.717) is 5.13 Å². The summed E-state index contributed by atoms with van der Waals surface area (Å²) < 4.78 is 16.7. The van der Waals surface area contributed by atoms with Crippen LogP contribution in [-0.2, 0) is 11.3 Å². The Labute approximate surface area is 186 Å². The summed E-state index contributed by atoms with van der Waals surface area (Å²) in [5, 5.41) is 19.7. The Hall–Kier alpha value is -3.86. The minimum atomic E-state index is -0.534. The van der Waals surface area contributed by atoms with Crippen molar-refractivity contribution in [3.05, 3.63) is 75.4 Å². The van der Waals surface area contributed by atoms with Crippen molar-refractivity contribution in [3.8, 4) is 16.9 Å². The van der Waals surface area contributed by atoms with Gasteiger partial charge in [-0.1, -0.05) is 0 Å². The van der Waals surface area contributed by atoms with Crippen LogP contribution in [0.2, 0.25) is 0 Å². The number of aryl methyl sites for hydroxylation is 2. The first-order valence-corrected chi connectivity index (χ1v) is 10.6. The van der Waals surface area contributed by atoms with Crippen LogP contribution in [0.25, 0.3) is 16.9 Å². The van der Waals surface area contributed by atoms with Crippen LogP contribution in [0.3, 0.4) is 0 Å². The second-order valence-electron chi connectivity index (χ2n) is 7.15. The molecule has 11 heteroatoms. The number of nitrogens with zero attached hydrogens (tertiary/aromatic N) is 5. The van der Waals surface area contributed by atoms with Gasteiger partial charge in [0.25, 0.3) is 0 Å². The van der Waals surface area contributed by atoms with E-state index in [0.717, 1.165) is 34.5 Å². The van der Waals surface area contributed by atoms with E-state index in [9.17, 15) is 19.3 Å². The maximum atomic E-state index is 13.3. The molecule has 164 valence electrons. The monoisotopic (exact) mass is 454 g/mol. The molecule has 9 nitrogen and oxygen atoms in total. The van der Waals surface area contributed by atoms with Gasteiger partial charge < -0.3 is 9.88 Å². The summed E-state index contributed by atoms with van der Waals surface area (Å²) in [5.41, 5.74) is 4.33. The number of benzene rings is 1.